The molecule has 100 valence electrons. The van der Waals surface area contributed by atoms with E-state index in [1.165, 1.54) is 0 Å². The Morgan fingerprint density at radius 1 is 1.61 bits per heavy atom. The zero-order valence-electron chi connectivity index (χ0n) is 11.1. The number of H-pyrrole nitrogens is 1. The van der Waals surface area contributed by atoms with Crippen LogP contribution in [0, 0.1) is 13.8 Å². The van der Waals surface area contributed by atoms with Gasteiger partial charge in [0.1, 0.15) is 0 Å². The van der Waals surface area contributed by atoms with Gasteiger partial charge in [0.15, 0.2) is 0 Å². The van der Waals surface area contributed by atoms with Crippen LogP contribution in [0.5, 0.6) is 0 Å². The molecule has 2 heterocycles. The number of amides is 1. The second-order valence-electron chi connectivity index (χ2n) is 4.61. The summed E-state index contributed by atoms with van der Waals surface area (Å²) in [6.07, 6.45) is 0.0696. The minimum Gasteiger partial charge on any atom is -0.373 e. The Balaban J connectivity index is 2.09. The number of ether oxygens (including phenoxy) is 1. The van der Waals surface area contributed by atoms with Crippen LogP contribution in [-0.2, 0) is 4.74 Å². The molecule has 6 heteroatoms. The number of morpholine rings is 1. The van der Waals surface area contributed by atoms with E-state index in [1.54, 1.807) is 0 Å². The molecule has 6 nitrogen and oxygen atoms in total. The molecule has 0 radical (unpaired) electrons. The van der Waals surface area contributed by atoms with E-state index in [0.29, 0.717) is 25.3 Å². The monoisotopic (exact) mass is 252 g/mol. The van der Waals surface area contributed by atoms with Gasteiger partial charge in [-0.1, -0.05) is 0 Å². The van der Waals surface area contributed by atoms with E-state index in [4.69, 9.17) is 4.74 Å². The van der Waals surface area contributed by atoms with Gasteiger partial charge in [0.25, 0.3) is 5.91 Å². The Labute approximate surface area is 107 Å². The van der Waals surface area contributed by atoms with Crippen molar-refractivity contribution in [3.05, 3.63) is 17.0 Å². The Kier molecular flexibility index (Phi) is 3.98. The fraction of sp³-hybridized carbons (Fsp3) is 0.667. The molecule has 1 aromatic rings. The molecular weight excluding hydrogens is 232 g/mol. The van der Waals surface area contributed by atoms with Crippen LogP contribution < -0.4 is 5.32 Å². The van der Waals surface area contributed by atoms with Gasteiger partial charge in [-0.2, -0.15) is 5.10 Å². The quantitative estimate of drug-likeness (QED) is 0.799. The molecule has 1 saturated heterocycles. The van der Waals surface area contributed by atoms with Gasteiger partial charge in [0, 0.05) is 25.3 Å². The molecule has 0 saturated carbocycles. The van der Waals surface area contributed by atoms with E-state index < -0.39 is 0 Å². The number of hydrogen-bond donors (Lipinski definition) is 2. The highest BCUT2D eigenvalue weighted by Gasteiger charge is 2.27. The van der Waals surface area contributed by atoms with Crippen molar-refractivity contribution in [2.45, 2.75) is 20.0 Å². The maximum atomic E-state index is 12.4. The number of nitrogens with one attached hydrogen (secondary N) is 2. The van der Waals surface area contributed by atoms with Crippen LogP contribution in [0.15, 0.2) is 0 Å². The van der Waals surface area contributed by atoms with Gasteiger partial charge < -0.3 is 15.0 Å². The largest absolute Gasteiger partial charge is 0.373 e. The molecule has 1 aliphatic rings. The van der Waals surface area contributed by atoms with Crippen LogP contribution in [0.25, 0.3) is 0 Å². The predicted octanol–water partition coefficient (Wildman–Crippen LogP) is 0.0869. The first-order valence-corrected chi connectivity index (χ1v) is 6.20. The molecule has 0 bridgehead atoms. The summed E-state index contributed by atoms with van der Waals surface area (Å²) in [6, 6.07) is 0. The first-order chi connectivity index (χ1) is 8.63. The number of aryl methyl sites for hydroxylation is 2. The Bertz CT molecular complexity index is 408. The number of carbonyl (C=O) groups is 1. The summed E-state index contributed by atoms with van der Waals surface area (Å²) >= 11 is 0. The van der Waals surface area contributed by atoms with Crippen LogP contribution >= 0.6 is 0 Å². The third-order valence-electron chi connectivity index (χ3n) is 3.20. The van der Waals surface area contributed by atoms with Crippen molar-refractivity contribution in [1.82, 2.24) is 20.4 Å². The molecule has 0 aromatic carbocycles. The smallest absolute Gasteiger partial charge is 0.257 e. The Morgan fingerprint density at radius 3 is 3.00 bits per heavy atom. The van der Waals surface area contributed by atoms with Gasteiger partial charge in [-0.3, -0.25) is 9.89 Å². The van der Waals surface area contributed by atoms with E-state index in [9.17, 15) is 4.79 Å². The second-order valence-corrected chi connectivity index (χ2v) is 4.61. The van der Waals surface area contributed by atoms with Crippen molar-refractivity contribution in [3.8, 4) is 0 Å². The second kappa shape index (κ2) is 5.49. The molecule has 1 aromatic heterocycles. The van der Waals surface area contributed by atoms with Crippen LogP contribution in [0.1, 0.15) is 21.7 Å². The lowest BCUT2D eigenvalue weighted by Crippen LogP contribution is -2.48. The number of nitrogens with zero attached hydrogens (tertiary/aromatic N) is 2. The highest BCUT2D eigenvalue weighted by Crippen LogP contribution is 2.15. The summed E-state index contributed by atoms with van der Waals surface area (Å²) in [5, 5.41) is 10.00. The fourth-order valence-corrected chi connectivity index (χ4v) is 2.28. The average Bonchev–Trinajstić information content (AvgIpc) is 2.69. The van der Waals surface area contributed by atoms with E-state index in [0.717, 1.165) is 17.9 Å². The van der Waals surface area contributed by atoms with Gasteiger partial charge in [-0.15, -0.1) is 0 Å². The molecule has 18 heavy (non-hydrogen) atoms. The van der Waals surface area contributed by atoms with Crippen molar-refractivity contribution in [2.75, 3.05) is 33.3 Å². The number of likely N-dealkylation sites (N-methyl/N-ethyl adjacent to an activating group) is 1. The summed E-state index contributed by atoms with van der Waals surface area (Å²) in [6.45, 7) is 6.34. The fourth-order valence-electron chi connectivity index (χ4n) is 2.28. The van der Waals surface area contributed by atoms with Crippen molar-refractivity contribution in [1.29, 1.82) is 0 Å². The molecule has 1 amide bonds. The summed E-state index contributed by atoms with van der Waals surface area (Å²) in [5.74, 6) is 0.0446. The summed E-state index contributed by atoms with van der Waals surface area (Å²) in [7, 11) is 1.88. The molecule has 1 aliphatic heterocycles. The van der Waals surface area contributed by atoms with Gasteiger partial charge >= 0.3 is 0 Å². The van der Waals surface area contributed by atoms with Gasteiger partial charge in [0.05, 0.1) is 24.0 Å². The minimum atomic E-state index is 0.0446. The van der Waals surface area contributed by atoms with Crippen LogP contribution in [-0.4, -0.2) is 60.4 Å². The zero-order valence-corrected chi connectivity index (χ0v) is 11.1. The minimum absolute atomic E-state index is 0.0446. The lowest BCUT2D eigenvalue weighted by atomic mass is 10.1. The molecular formula is C12H20N4O2. The topological polar surface area (TPSA) is 70.2 Å². The van der Waals surface area contributed by atoms with Crippen molar-refractivity contribution < 1.29 is 9.53 Å². The van der Waals surface area contributed by atoms with Crippen molar-refractivity contribution in [2.24, 2.45) is 0 Å². The highest BCUT2D eigenvalue weighted by atomic mass is 16.5. The maximum Gasteiger partial charge on any atom is 0.257 e. The third-order valence-corrected chi connectivity index (χ3v) is 3.20. The van der Waals surface area contributed by atoms with Crippen LogP contribution in [0.2, 0.25) is 0 Å². The lowest BCUT2D eigenvalue weighted by Gasteiger charge is -2.33. The molecule has 2 N–H and O–H groups in total. The number of aromatic amines is 1. The highest BCUT2D eigenvalue weighted by molar-refractivity contribution is 5.96. The van der Waals surface area contributed by atoms with Crippen molar-refractivity contribution >= 4 is 5.91 Å². The molecule has 2 rings (SSSR count). The summed E-state index contributed by atoms with van der Waals surface area (Å²) in [5.41, 5.74) is 2.28. The van der Waals surface area contributed by atoms with Crippen LogP contribution in [0.3, 0.4) is 0 Å². The first kappa shape index (κ1) is 13.0. The maximum absolute atomic E-state index is 12.4. The molecule has 1 atom stereocenters. The molecule has 0 aliphatic carbocycles. The summed E-state index contributed by atoms with van der Waals surface area (Å²) < 4.78 is 5.60. The number of hydrogen-bond acceptors (Lipinski definition) is 4. The van der Waals surface area contributed by atoms with E-state index >= 15 is 0 Å². The standard InChI is InChI=1S/C12H20N4O2/c1-8-11(9(2)15-14-8)12(17)16-4-5-18-10(7-16)6-13-3/h10,13H,4-7H2,1-3H3,(H,14,15). The SMILES string of the molecule is CNCC1CN(C(=O)c2c(C)n[nH]c2C)CCO1. The van der Waals surface area contributed by atoms with Gasteiger partial charge in [-0.25, -0.2) is 0 Å². The van der Waals surface area contributed by atoms with Crippen LogP contribution in [0.4, 0.5) is 0 Å². The summed E-state index contributed by atoms with van der Waals surface area (Å²) in [4.78, 5) is 14.3. The molecule has 0 spiro atoms. The third kappa shape index (κ3) is 2.54. The van der Waals surface area contributed by atoms with E-state index in [-0.39, 0.29) is 12.0 Å². The predicted molar refractivity (Wildman–Crippen MR) is 67.6 cm³/mol. The lowest BCUT2D eigenvalue weighted by molar-refractivity contribution is -0.0196. The Hall–Kier alpha value is -1.40. The van der Waals surface area contributed by atoms with Gasteiger partial charge in [0.2, 0.25) is 0 Å². The number of carbonyl (C=O) groups excluding carboxylic acids is 1. The number of rotatable bonds is 3. The van der Waals surface area contributed by atoms with E-state index in [2.05, 4.69) is 15.5 Å². The number of aromatic nitrogens is 2. The van der Waals surface area contributed by atoms with Gasteiger partial charge in [-0.05, 0) is 20.9 Å². The zero-order chi connectivity index (χ0) is 13.1. The Morgan fingerprint density at radius 2 is 2.39 bits per heavy atom. The average molecular weight is 252 g/mol. The normalized spacial score (nSPS) is 20.2. The molecule has 1 unspecified atom stereocenters. The first-order valence-electron chi connectivity index (χ1n) is 6.20. The van der Waals surface area contributed by atoms with E-state index in [1.807, 2.05) is 25.8 Å². The van der Waals surface area contributed by atoms with Crippen molar-refractivity contribution in [3.63, 3.8) is 0 Å². The molecule has 1 fully saturated rings.